The molecule has 19 heavy (non-hydrogen) atoms. The monoisotopic (exact) mass is 274 g/mol. The fraction of sp³-hybridized carbons (Fsp3) is 0.0769. The molecule has 3 aromatic rings. The third-order valence-electron chi connectivity index (χ3n) is 2.73. The summed E-state index contributed by atoms with van der Waals surface area (Å²) >= 11 is 6.02. The molecule has 0 bridgehead atoms. The van der Waals surface area contributed by atoms with Crippen LogP contribution in [0.5, 0.6) is 5.75 Å². The maximum atomic E-state index is 6.02. The van der Waals surface area contributed by atoms with Gasteiger partial charge < -0.3 is 10.5 Å². The molecule has 1 aromatic carbocycles. The molecule has 2 N–H and O–H groups in total. The molecule has 0 aliphatic rings. The number of benzene rings is 1. The van der Waals surface area contributed by atoms with Crippen LogP contribution in [0, 0.1) is 0 Å². The highest BCUT2D eigenvalue weighted by molar-refractivity contribution is 6.32. The Bertz CT molecular complexity index is 725. The number of nitrogens with zero attached hydrogens (tertiary/aromatic N) is 3. The number of hydrogen-bond acceptors (Lipinski definition) is 4. The van der Waals surface area contributed by atoms with Gasteiger partial charge >= 0.3 is 0 Å². The molecule has 0 aliphatic heterocycles. The molecular weight excluding hydrogens is 264 g/mol. The number of pyridine rings is 1. The molecule has 0 saturated heterocycles. The summed E-state index contributed by atoms with van der Waals surface area (Å²) in [5.74, 6) is 1.28. The van der Waals surface area contributed by atoms with E-state index >= 15 is 0 Å². The average Bonchev–Trinajstić information content (AvgIpc) is 2.83. The van der Waals surface area contributed by atoms with Gasteiger partial charge in [-0.05, 0) is 24.3 Å². The van der Waals surface area contributed by atoms with Crippen molar-refractivity contribution in [1.82, 2.24) is 14.6 Å². The minimum atomic E-state index is 0.272. The maximum Gasteiger partial charge on any atom is 0.184 e. The minimum absolute atomic E-state index is 0.272. The smallest absolute Gasteiger partial charge is 0.184 e. The third-order valence-corrected chi connectivity index (χ3v) is 3.04. The number of nitrogen functional groups attached to an aromatic ring is 1. The van der Waals surface area contributed by atoms with E-state index in [4.69, 9.17) is 22.1 Å². The molecule has 0 spiro atoms. The Labute approximate surface area is 114 Å². The second-order valence-corrected chi connectivity index (χ2v) is 4.40. The number of hydrogen-bond donors (Lipinski definition) is 1. The van der Waals surface area contributed by atoms with Crippen LogP contribution >= 0.6 is 11.6 Å². The number of fused-ring (bicyclic) bond motifs is 1. The van der Waals surface area contributed by atoms with E-state index in [2.05, 4.69) is 10.2 Å². The van der Waals surface area contributed by atoms with E-state index in [-0.39, 0.29) is 6.61 Å². The van der Waals surface area contributed by atoms with Crippen molar-refractivity contribution < 1.29 is 4.74 Å². The lowest BCUT2D eigenvalue weighted by atomic mass is 10.3. The number of aromatic nitrogens is 3. The minimum Gasteiger partial charge on any atom is -0.484 e. The van der Waals surface area contributed by atoms with Crippen LogP contribution in [0.4, 0.5) is 5.69 Å². The van der Waals surface area contributed by atoms with E-state index in [0.717, 1.165) is 0 Å². The Balaban J connectivity index is 1.87. The first-order valence-corrected chi connectivity index (χ1v) is 6.09. The topological polar surface area (TPSA) is 65.4 Å². The standard InChI is InChI=1S/C13H11ClN4O/c14-9-4-1-2-6-11(9)19-8-12-16-17-13-10(15)5-3-7-18(12)13/h1-7H,8,15H2. The highest BCUT2D eigenvalue weighted by Gasteiger charge is 2.08. The third kappa shape index (κ3) is 2.20. The van der Waals surface area contributed by atoms with Gasteiger partial charge in [0.15, 0.2) is 11.5 Å². The highest BCUT2D eigenvalue weighted by atomic mass is 35.5. The molecule has 2 aromatic heterocycles. The van der Waals surface area contributed by atoms with Gasteiger partial charge in [-0.2, -0.15) is 0 Å². The average molecular weight is 275 g/mol. The second kappa shape index (κ2) is 4.78. The van der Waals surface area contributed by atoms with Crippen LogP contribution in [0.25, 0.3) is 5.65 Å². The van der Waals surface area contributed by atoms with Crippen LogP contribution in [-0.2, 0) is 6.61 Å². The molecule has 3 rings (SSSR count). The van der Waals surface area contributed by atoms with E-state index in [9.17, 15) is 0 Å². The van der Waals surface area contributed by atoms with E-state index in [1.54, 1.807) is 22.6 Å². The lowest BCUT2D eigenvalue weighted by molar-refractivity contribution is 0.294. The summed E-state index contributed by atoms with van der Waals surface area (Å²) in [5.41, 5.74) is 7.02. The van der Waals surface area contributed by atoms with E-state index in [1.165, 1.54) is 0 Å². The number of rotatable bonds is 3. The number of halogens is 1. The Morgan fingerprint density at radius 3 is 2.84 bits per heavy atom. The Morgan fingerprint density at radius 1 is 1.16 bits per heavy atom. The molecule has 0 saturated carbocycles. The Hall–Kier alpha value is -2.27. The first-order chi connectivity index (χ1) is 9.25. The van der Waals surface area contributed by atoms with E-state index < -0.39 is 0 Å². The normalized spacial score (nSPS) is 10.8. The lowest BCUT2D eigenvalue weighted by Crippen LogP contribution is -2.02. The molecule has 0 amide bonds. The fourth-order valence-corrected chi connectivity index (χ4v) is 1.98. The first kappa shape index (κ1) is 11.8. The molecule has 0 radical (unpaired) electrons. The van der Waals surface area contributed by atoms with Crippen LogP contribution < -0.4 is 10.5 Å². The first-order valence-electron chi connectivity index (χ1n) is 5.71. The van der Waals surface area contributed by atoms with Gasteiger partial charge in [-0.25, -0.2) is 0 Å². The van der Waals surface area contributed by atoms with Gasteiger partial charge in [-0.3, -0.25) is 4.40 Å². The lowest BCUT2D eigenvalue weighted by Gasteiger charge is -2.06. The zero-order valence-electron chi connectivity index (χ0n) is 9.95. The van der Waals surface area contributed by atoms with Crippen molar-refractivity contribution in [3.63, 3.8) is 0 Å². The number of nitrogens with two attached hydrogens (primary N) is 1. The summed E-state index contributed by atoms with van der Waals surface area (Å²) in [6.45, 7) is 0.272. The van der Waals surface area contributed by atoms with Crippen molar-refractivity contribution in [2.75, 3.05) is 5.73 Å². The van der Waals surface area contributed by atoms with Crippen LogP contribution in [0.1, 0.15) is 5.82 Å². The zero-order valence-corrected chi connectivity index (χ0v) is 10.7. The van der Waals surface area contributed by atoms with Gasteiger partial charge in [0.05, 0.1) is 10.7 Å². The van der Waals surface area contributed by atoms with Gasteiger partial charge in [0.1, 0.15) is 12.4 Å². The van der Waals surface area contributed by atoms with E-state index in [1.807, 2.05) is 24.4 Å². The largest absolute Gasteiger partial charge is 0.484 e. The van der Waals surface area contributed by atoms with Crippen LogP contribution in [0.2, 0.25) is 5.02 Å². The maximum absolute atomic E-state index is 6.02. The molecule has 0 unspecified atom stereocenters. The summed E-state index contributed by atoms with van der Waals surface area (Å²) in [6, 6.07) is 10.9. The number of para-hydroxylation sites is 1. The van der Waals surface area contributed by atoms with Crippen LogP contribution in [0.3, 0.4) is 0 Å². The van der Waals surface area contributed by atoms with Crippen molar-refractivity contribution >= 4 is 22.9 Å². The molecule has 96 valence electrons. The fourth-order valence-electron chi connectivity index (χ4n) is 1.79. The molecule has 0 atom stereocenters. The van der Waals surface area contributed by atoms with Crippen molar-refractivity contribution in [3.8, 4) is 5.75 Å². The van der Waals surface area contributed by atoms with Gasteiger partial charge in [0.25, 0.3) is 0 Å². The quantitative estimate of drug-likeness (QED) is 0.797. The summed E-state index contributed by atoms with van der Waals surface area (Å²) < 4.78 is 7.43. The number of ether oxygens (including phenoxy) is 1. The predicted octanol–water partition coefficient (Wildman–Crippen LogP) is 2.54. The van der Waals surface area contributed by atoms with Gasteiger partial charge in [0, 0.05) is 6.20 Å². The summed E-state index contributed by atoms with van der Waals surface area (Å²) in [7, 11) is 0. The van der Waals surface area contributed by atoms with Crippen molar-refractivity contribution in [1.29, 1.82) is 0 Å². The van der Waals surface area contributed by atoms with Crippen molar-refractivity contribution in [2.45, 2.75) is 6.61 Å². The Morgan fingerprint density at radius 2 is 2.00 bits per heavy atom. The highest BCUT2D eigenvalue weighted by Crippen LogP contribution is 2.24. The van der Waals surface area contributed by atoms with Gasteiger partial charge in [0.2, 0.25) is 0 Å². The molecule has 6 heteroatoms. The second-order valence-electron chi connectivity index (χ2n) is 3.99. The molecule has 0 fully saturated rings. The number of anilines is 1. The zero-order chi connectivity index (χ0) is 13.2. The molecule has 2 heterocycles. The van der Waals surface area contributed by atoms with E-state index in [0.29, 0.717) is 27.9 Å². The van der Waals surface area contributed by atoms with Gasteiger partial charge in [-0.15, -0.1) is 10.2 Å². The van der Waals surface area contributed by atoms with Crippen molar-refractivity contribution in [3.05, 3.63) is 53.4 Å². The molecule has 5 nitrogen and oxygen atoms in total. The van der Waals surface area contributed by atoms with Crippen molar-refractivity contribution in [2.24, 2.45) is 0 Å². The SMILES string of the molecule is Nc1cccn2c(COc3ccccc3Cl)nnc12. The molecular formula is C13H11ClN4O. The summed E-state index contributed by atoms with van der Waals surface area (Å²) in [5, 5.41) is 8.66. The van der Waals surface area contributed by atoms with Gasteiger partial charge in [-0.1, -0.05) is 23.7 Å². The summed E-state index contributed by atoms with van der Waals surface area (Å²) in [6.07, 6.45) is 1.84. The Kier molecular flexibility index (Phi) is 2.97. The molecule has 0 aliphatic carbocycles. The van der Waals surface area contributed by atoms with Crippen LogP contribution in [0.15, 0.2) is 42.6 Å². The van der Waals surface area contributed by atoms with Crippen LogP contribution in [-0.4, -0.2) is 14.6 Å². The summed E-state index contributed by atoms with van der Waals surface area (Å²) in [4.78, 5) is 0. The predicted molar refractivity (Wildman–Crippen MR) is 73.2 cm³/mol.